The average Bonchev–Trinajstić information content (AvgIpc) is 2.74. The van der Waals surface area contributed by atoms with E-state index in [1.165, 1.54) is 12.4 Å². The summed E-state index contributed by atoms with van der Waals surface area (Å²) in [6.07, 6.45) is 6.61. The molecule has 0 aliphatic heterocycles. The lowest BCUT2D eigenvalue weighted by atomic mass is 9.98. The molecule has 0 saturated heterocycles. The predicted molar refractivity (Wildman–Crippen MR) is 63.7 cm³/mol. The number of nitrogen functional groups attached to an aromatic ring is 1. The van der Waals surface area contributed by atoms with E-state index >= 15 is 0 Å². The lowest BCUT2D eigenvalue weighted by Gasteiger charge is -2.09. The fourth-order valence-electron chi connectivity index (χ4n) is 1.64. The van der Waals surface area contributed by atoms with E-state index in [2.05, 4.69) is 15.0 Å². The number of hydrogen-bond donors (Lipinski definition) is 2. The minimum Gasteiger partial charge on any atom is -0.481 e. The Balaban J connectivity index is 2.22. The fraction of sp³-hybridized carbons (Fsp3) is 0.273. The van der Waals surface area contributed by atoms with E-state index < -0.39 is 11.9 Å². The lowest BCUT2D eigenvalue weighted by molar-refractivity contribution is -0.138. The second kappa shape index (κ2) is 4.82. The monoisotopic (exact) mass is 247 g/mol. The molecule has 7 nitrogen and oxygen atoms in total. The smallest absolute Gasteiger partial charge is 0.312 e. The van der Waals surface area contributed by atoms with Gasteiger partial charge in [-0.05, 0) is 12.0 Å². The molecule has 3 N–H and O–H groups in total. The Bertz CT molecular complexity index is 549. The maximum Gasteiger partial charge on any atom is 0.312 e. The first-order valence-electron chi connectivity index (χ1n) is 5.33. The van der Waals surface area contributed by atoms with Crippen molar-refractivity contribution in [2.45, 2.75) is 12.3 Å². The molecule has 2 aromatic rings. The molecule has 0 bridgehead atoms. The van der Waals surface area contributed by atoms with Crippen LogP contribution in [-0.2, 0) is 18.3 Å². The number of imidazole rings is 1. The van der Waals surface area contributed by atoms with Crippen molar-refractivity contribution in [3.8, 4) is 0 Å². The number of carbonyl (C=O) groups is 1. The summed E-state index contributed by atoms with van der Waals surface area (Å²) in [4.78, 5) is 23.0. The zero-order valence-corrected chi connectivity index (χ0v) is 9.82. The summed E-state index contributed by atoms with van der Waals surface area (Å²) in [7, 11) is 1.79. The summed E-state index contributed by atoms with van der Waals surface area (Å²) >= 11 is 0. The third-order valence-corrected chi connectivity index (χ3v) is 2.55. The summed E-state index contributed by atoms with van der Waals surface area (Å²) in [6, 6.07) is 0. The average molecular weight is 247 g/mol. The molecule has 0 aliphatic carbocycles. The number of aromatic nitrogens is 4. The topological polar surface area (TPSA) is 107 Å². The molecule has 0 saturated carbocycles. The van der Waals surface area contributed by atoms with Gasteiger partial charge in [-0.25, -0.2) is 15.0 Å². The van der Waals surface area contributed by atoms with Crippen molar-refractivity contribution < 1.29 is 9.90 Å². The zero-order valence-electron chi connectivity index (χ0n) is 9.82. The number of anilines is 1. The van der Waals surface area contributed by atoms with Gasteiger partial charge < -0.3 is 15.4 Å². The van der Waals surface area contributed by atoms with Crippen molar-refractivity contribution >= 4 is 11.9 Å². The maximum absolute atomic E-state index is 11.3. The number of carboxylic acid groups (broad SMARTS) is 1. The normalized spacial score (nSPS) is 12.3. The van der Waals surface area contributed by atoms with Crippen LogP contribution in [0, 0.1) is 0 Å². The molecular weight excluding hydrogens is 234 g/mol. The SMILES string of the molecule is Cn1cnc(C(Cc2cnc(N)nc2)C(=O)O)c1. The van der Waals surface area contributed by atoms with Gasteiger partial charge in [0.2, 0.25) is 5.95 Å². The molecule has 18 heavy (non-hydrogen) atoms. The molecule has 0 amide bonds. The number of aliphatic carboxylic acids is 1. The molecule has 0 fully saturated rings. The second-order valence-corrected chi connectivity index (χ2v) is 4.01. The van der Waals surface area contributed by atoms with Gasteiger partial charge in [0.25, 0.3) is 0 Å². The van der Waals surface area contributed by atoms with E-state index in [1.54, 1.807) is 24.1 Å². The Kier molecular flexibility index (Phi) is 3.22. The summed E-state index contributed by atoms with van der Waals surface area (Å²) in [5.41, 5.74) is 6.60. The van der Waals surface area contributed by atoms with E-state index in [0.717, 1.165) is 0 Å². The third-order valence-electron chi connectivity index (χ3n) is 2.55. The Morgan fingerprint density at radius 1 is 1.44 bits per heavy atom. The Morgan fingerprint density at radius 2 is 2.11 bits per heavy atom. The predicted octanol–water partition coefficient (Wildman–Crippen LogP) is 0.203. The minimum atomic E-state index is -0.925. The van der Waals surface area contributed by atoms with Crippen LogP contribution >= 0.6 is 0 Å². The summed E-state index contributed by atoms with van der Waals surface area (Å²) in [5.74, 6) is -1.47. The number of rotatable bonds is 4. The van der Waals surface area contributed by atoms with Crippen LogP contribution in [0.3, 0.4) is 0 Å². The molecular formula is C11H13N5O2. The molecule has 0 aromatic carbocycles. The van der Waals surface area contributed by atoms with E-state index in [-0.39, 0.29) is 12.4 Å². The van der Waals surface area contributed by atoms with Crippen molar-refractivity contribution in [1.82, 2.24) is 19.5 Å². The third kappa shape index (κ3) is 2.62. The van der Waals surface area contributed by atoms with Crippen molar-refractivity contribution in [2.24, 2.45) is 7.05 Å². The molecule has 94 valence electrons. The van der Waals surface area contributed by atoms with Gasteiger partial charge in [-0.3, -0.25) is 4.79 Å². The van der Waals surface area contributed by atoms with Crippen LogP contribution < -0.4 is 5.73 Å². The highest BCUT2D eigenvalue weighted by molar-refractivity contribution is 5.75. The lowest BCUT2D eigenvalue weighted by Crippen LogP contribution is -2.15. The molecule has 2 aromatic heterocycles. The van der Waals surface area contributed by atoms with Gasteiger partial charge >= 0.3 is 5.97 Å². The first-order chi connectivity index (χ1) is 8.56. The first kappa shape index (κ1) is 12.0. The molecule has 1 unspecified atom stereocenters. The van der Waals surface area contributed by atoms with Crippen molar-refractivity contribution in [3.63, 3.8) is 0 Å². The van der Waals surface area contributed by atoms with E-state index in [0.29, 0.717) is 11.3 Å². The quantitative estimate of drug-likeness (QED) is 0.799. The molecule has 0 radical (unpaired) electrons. The van der Waals surface area contributed by atoms with E-state index in [4.69, 9.17) is 5.73 Å². The van der Waals surface area contributed by atoms with Gasteiger partial charge in [-0.15, -0.1) is 0 Å². The number of aryl methyl sites for hydroxylation is 1. The molecule has 2 rings (SSSR count). The van der Waals surface area contributed by atoms with Crippen LogP contribution in [0.15, 0.2) is 24.9 Å². The molecule has 2 heterocycles. The number of carboxylic acids is 1. The van der Waals surface area contributed by atoms with Crippen LogP contribution in [0.5, 0.6) is 0 Å². The van der Waals surface area contributed by atoms with Crippen LogP contribution in [0.4, 0.5) is 5.95 Å². The summed E-state index contributed by atoms with van der Waals surface area (Å²) in [5, 5.41) is 9.24. The Labute approximate surface area is 103 Å². The van der Waals surface area contributed by atoms with Gasteiger partial charge in [0, 0.05) is 25.6 Å². The van der Waals surface area contributed by atoms with Gasteiger partial charge in [-0.1, -0.05) is 0 Å². The molecule has 0 spiro atoms. The maximum atomic E-state index is 11.3. The zero-order chi connectivity index (χ0) is 13.1. The van der Waals surface area contributed by atoms with Gasteiger partial charge in [0.05, 0.1) is 12.0 Å². The summed E-state index contributed by atoms with van der Waals surface area (Å²) < 4.78 is 1.71. The highest BCUT2D eigenvalue weighted by atomic mass is 16.4. The molecule has 0 aliphatic rings. The van der Waals surface area contributed by atoms with Crippen molar-refractivity contribution in [2.75, 3.05) is 5.73 Å². The van der Waals surface area contributed by atoms with Crippen LogP contribution in [-0.4, -0.2) is 30.6 Å². The van der Waals surface area contributed by atoms with Gasteiger partial charge in [0.1, 0.15) is 5.92 Å². The van der Waals surface area contributed by atoms with Crippen molar-refractivity contribution in [1.29, 1.82) is 0 Å². The first-order valence-corrected chi connectivity index (χ1v) is 5.33. The number of hydrogen-bond acceptors (Lipinski definition) is 5. The van der Waals surface area contributed by atoms with Crippen LogP contribution in [0.1, 0.15) is 17.2 Å². The van der Waals surface area contributed by atoms with Gasteiger partial charge in [0.15, 0.2) is 0 Å². The van der Waals surface area contributed by atoms with E-state index in [1.807, 2.05) is 0 Å². The highest BCUT2D eigenvalue weighted by Crippen LogP contribution is 2.19. The van der Waals surface area contributed by atoms with E-state index in [9.17, 15) is 9.90 Å². The van der Waals surface area contributed by atoms with Crippen LogP contribution in [0.25, 0.3) is 0 Å². The molecule has 1 atom stereocenters. The minimum absolute atomic E-state index is 0.170. The number of nitrogens with two attached hydrogens (primary N) is 1. The Morgan fingerprint density at radius 3 is 2.61 bits per heavy atom. The fourth-order valence-corrected chi connectivity index (χ4v) is 1.64. The standard InChI is InChI=1S/C11H13N5O2/c1-16-5-9(15-6-16)8(10(17)18)2-7-3-13-11(12)14-4-7/h3-6,8H,2H2,1H3,(H,17,18)(H2,12,13,14). The second-order valence-electron chi connectivity index (χ2n) is 4.01. The number of nitrogens with zero attached hydrogens (tertiary/aromatic N) is 4. The highest BCUT2D eigenvalue weighted by Gasteiger charge is 2.22. The Hall–Kier alpha value is -2.44. The van der Waals surface area contributed by atoms with Gasteiger partial charge in [-0.2, -0.15) is 0 Å². The van der Waals surface area contributed by atoms with Crippen LogP contribution in [0.2, 0.25) is 0 Å². The molecule has 7 heteroatoms. The van der Waals surface area contributed by atoms with Crippen molar-refractivity contribution in [3.05, 3.63) is 36.2 Å². The largest absolute Gasteiger partial charge is 0.481 e. The summed E-state index contributed by atoms with van der Waals surface area (Å²) in [6.45, 7) is 0.